The lowest BCUT2D eigenvalue weighted by atomic mass is 10.2. The molecule has 2 heterocycles. The summed E-state index contributed by atoms with van der Waals surface area (Å²) < 4.78 is 7.93. The molecular formula is C15H15BrN4O. The van der Waals surface area contributed by atoms with Crippen LogP contribution in [0.25, 0.3) is 10.9 Å². The van der Waals surface area contributed by atoms with Crippen LogP contribution in [0.15, 0.2) is 41.1 Å². The van der Waals surface area contributed by atoms with Gasteiger partial charge in [-0.1, -0.05) is 12.1 Å². The lowest BCUT2D eigenvalue weighted by Crippen LogP contribution is -2.02. The van der Waals surface area contributed by atoms with Gasteiger partial charge in [-0.2, -0.15) is 5.10 Å². The van der Waals surface area contributed by atoms with Gasteiger partial charge in [0, 0.05) is 19.8 Å². The maximum atomic E-state index is 5.16. The van der Waals surface area contributed by atoms with E-state index < -0.39 is 0 Å². The minimum atomic E-state index is 0.697. The molecule has 0 aliphatic heterocycles. The lowest BCUT2D eigenvalue weighted by Gasteiger charge is -2.08. The second kappa shape index (κ2) is 5.73. The summed E-state index contributed by atoms with van der Waals surface area (Å²) in [7, 11) is 3.58. The summed E-state index contributed by atoms with van der Waals surface area (Å²) >= 11 is 3.51. The average molecular weight is 347 g/mol. The average Bonchev–Trinajstić information content (AvgIpc) is 2.90. The van der Waals surface area contributed by atoms with Crippen LogP contribution in [0.4, 0.5) is 5.82 Å². The number of pyridine rings is 1. The first kappa shape index (κ1) is 13.9. The summed E-state index contributed by atoms with van der Waals surface area (Å²) in [6, 6.07) is 7.97. The van der Waals surface area contributed by atoms with E-state index >= 15 is 0 Å². The first-order valence-electron chi connectivity index (χ1n) is 6.52. The fraction of sp³-hybridized carbons (Fsp3) is 0.200. The molecule has 1 aromatic carbocycles. The molecule has 0 fully saturated rings. The standard InChI is InChI=1S/C15H15BrN4O/c1-20-14-12(8-19-20)15(18-9-13(14)16)17-7-10-3-5-11(21-2)6-4-10/h3-6,8-9H,7H2,1-2H3,(H,17,18). The van der Waals surface area contributed by atoms with E-state index in [9.17, 15) is 0 Å². The van der Waals surface area contributed by atoms with Gasteiger partial charge in [-0.3, -0.25) is 4.68 Å². The molecule has 0 saturated carbocycles. The largest absolute Gasteiger partial charge is 0.497 e. The molecule has 0 bridgehead atoms. The van der Waals surface area contributed by atoms with Crippen LogP contribution < -0.4 is 10.1 Å². The summed E-state index contributed by atoms with van der Waals surface area (Å²) in [6.07, 6.45) is 3.61. The minimum absolute atomic E-state index is 0.697. The van der Waals surface area contributed by atoms with Crippen LogP contribution in [0.3, 0.4) is 0 Å². The van der Waals surface area contributed by atoms with Gasteiger partial charge in [0.25, 0.3) is 0 Å². The number of aromatic nitrogens is 3. The Hall–Kier alpha value is -2.08. The second-order valence-corrected chi connectivity index (χ2v) is 5.54. The predicted octanol–water partition coefficient (Wildman–Crippen LogP) is 3.35. The summed E-state index contributed by atoms with van der Waals surface area (Å²) in [5.41, 5.74) is 2.19. The number of hydrogen-bond donors (Lipinski definition) is 1. The van der Waals surface area contributed by atoms with Gasteiger partial charge in [-0.25, -0.2) is 4.98 Å². The Labute approximate surface area is 131 Å². The topological polar surface area (TPSA) is 52.0 Å². The number of ether oxygens (including phenoxy) is 1. The van der Waals surface area contributed by atoms with Gasteiger partial charge >= 0.3 is 0 Å². The first-order valence-corrected chi connectivity index (χ1v) is 7.31. The van der Waals surface area contributed by atoms with E-state index in [4.69, 9.17) is 4.74 Å². The van der Waals surface area contributed by atoms with Gasteiger partial charge < -0.3 is 10.1 Å². The predicted molar refractivity (Wildman–Crippen MR) is 86.5 cm³/mol. The number of hydrogen-bond acceptors (Lipinski definition) is 4. The summed E-state index contributed by atoms with van der Waals surface area (Å²) in [4.78, 5) is 4.43. The van der Waals surface area contributed by atoms with Crippen molar-refractivity contribution in [3.63, 3.8) is 0 Å². The van der Waals surface area contributed by atoms with Crippen molar-refractivity contribution in [1.82, 2.24) is 14.8 Å². The molecule has 0 unspecified atom stereocenters. The van der Waals surface area contributed by atoms with Crippen LogP contribution in [0.2, 0.25) is 0 Å². The zero-order valence-electron chi connectivity index (χ0n) is 11.8. The maximum absolute atomic E-state index is 5.16. The Morgan fingerprint density at radius 2 is 2.00 bits per heavy atom. The first-order chi connectivity index (χ1) is 10.2. The van der Waals surface area contributed by atoms with Crippen LogP contribution >= 0.6 is 15.9 Å². The Bertz CT molecular complexity index is 767. The number of aryl methyl sites for hydroxylation is 1. The highest BCUT2D eigenvalue weighted by Gasteiger charge is 2.10. The van der Waals surface area contributed by atoms with Crippen molar-refractivity contribution >= 4 is 32.7 Å². The molecule has 3 aromatic rings. The molecule has 0 atom stereocenters. The van der Waals surface area contributed by atoms with Crippen molar-refractivity contribution in [3.05, 3.63) is 46.7 Å². The molecule has 0 aliphatic carbocycles. The lowest BCUT2D eigenvalue weighted by molar-refractivity contribution is 0.414. The molecule has 0 aliphatic rings. The van der Waals surface area contributed by atoms with Gasteiger partial charge in [0.05, 0.1) is 28.7 Å². The molecule has 0 radical (unpaired) electrons. The van der Waals surface area contributed by atoms with Crippen LogP contribution in [0.1, 0.15) is 5.56 Å². The van der Waals surface area contributed by atoms with Gasteiger partial charge in [-0.05, 0) is 33.6 Å². The van der Waals surface area contributed by atoms with Crippen molar-refractivity contribution in [2.24, 2.45) is 7.05 Å². The summed E-state index contributed by atoms with van der Waals surface area (Å²) in [5.74, 6) is 1.69. The fourth-order valence-corrected chi connectivity index (χ4v) is 2.79. The van der Waals surface area contributed by atoms with Gasteiger partial charge in [-0.15, -0.1) is 0 Å². The third-order valence-corrected chi connectivity index (χ3v) is 3.93. The number of rotatable bonds is 4. The van der Waals surface area contributed by atoms with Crippen LogP contribution in [-0.4, -0.2) is 21.9 Å². The summed E-state index contributed by atoms with van der Waals surface area (Å²) in [6.45, 7) is 0.697. The third-order valence-electron chi connectivity index (χ3n) is 3.35. The molecule has 2 aromatic heterocycles. The normalized spacial score (nSPS) is 10.8. The summed E-state index contributed by atoms with van der Waals surface area (Å²) in [5, 5.41) is 8.64. The highest BCUT2D eigenvalue weighted by Crippen LogP contribution is 2.27. The smallest absolute Gasteiger partial charge is 0.137 e. The molecule has 5 nitrogen and oxygen atoms in total. The number of methoxy groups -OCH3 is 1. The van der Waals surface area contributed by atoms with E-state index in [1.807, 2.05) is 42.2 Å². The van der Waals surface area contributed by atoms with E-state index in [0.717, 1.165) is 32.5 Å². The molecule has 6 heteroatoms. The SMILES string of the molecule is COc1ccc(CNc2ncc(Br)c3c2cnn3C)cc1. The Morgan fingerprint density at radius 1 is 1.24 bits per heavy atom. The highest BCUT2D eigenvalue weighted by atomic mass is 79.9. The molecule has 0 amide bonds. The van der Waals surface area contributed by atoms with Crippen molar-refractivity contribution in [1.29, 1.82) is 0 Å². The zero-order valence-corrected chi connectivity index (χ0v) is 13.4. The van der Waals surface area contributed by atoms with Crippen LogP contribution in [-0.2, 0) is 13.6 Å². The van der Waals surface area contributed by atoms with Gasteiger partial charge in [0.15, 0.2) is 0 Å². The quantitative estimate of drug-likeness (QED) is 0.786. The zero-order chi connectivity index (χ0) is 14.8. The minimum Gasteiger partial charge on any atom is -0.497 e. The van der Waals surface area contributed by atoms with Crippen molar-refractivity contribution < 1.29 is 4.74 Å². The molecule has 3 rings (SSSR count). The monoisotopic (exact) mass is 346 g/mol. The molecule has 108 valence electrons. The number of fused-ring (bicyclic) bond motifs is 1. The third kappa shape index (κ3) is 2.71. The molecule has 1 N–H and O–H groups in total. The maximum Gasteiger partial charge on any atom is 0.137 e. The van der Waals surface area contributed by atoms with Gasteiger partial charge in [0.1, 0.15) is 11.6 Å². The van der Waals surface area contributed by atoms with E-state index in [-0.39, 0.29) is 0 Å². The van der Waals surface area contributed by atoms with Crippen molar-refractivity contribution in [2.75, 3.05) is 12.4 Å². The number of halogens is 1. The molecule has 21 heavy (non-hydrogen) atoms. The van der Waals surface area contributed by atoms with E-state index in [1.54, 1.807) is 13.3 Å². The fourth-order valence-electron chi connectivity index (χ4n) is 2.22. The molecular weight excluding hydrogens is 332 g/mol. The molecule has 0 saturated heterocycles. The Kier molecular flexibility index (Phi) is 3.79. The van der Waals surface area contributed by atoms with Crippen LogP contribution in [0, 0.1) is 0 Å². The van der Waals surface area contributed by atoms with Crippen LogP contribution in [0.5, 0.6) is 5.75 Å². The second-order valence-electron chi connectivity index (χ2n) is 4.69. The van der Waals surface area contributed by atoms with Crippen molar-refractivity contribution in [2.45, 2.75) is 6.54 Å². The van der Waals surface area contributed by atoms with E-state index in [1.165, 1.54) is 0 Å². The van der Waals surface area contributed by atoms with E-state index in [2.05, 4.69) is 31.3 Å². The Balaban J connectivity index is 1.83. The number of nitrogens with one attached hydrogen (secondary N) is 1. The highest BCUT2D eigenvalue weighted by molar-refractivity contribution is 9.10. The van der Waals surface area contributed by atoms with E-state index in [0.29, 0.717) is 6.54 Å². The number of nitrogens with zero attached hydrogens (tertiary/aromatic N) is 3. The van der Waals surface area contributed by atoms with Crippen molar-refractivity contribution in [3.8, 4) is 5.75 Å². The Morgan fingerprint density at radius 3 is 2.71 bits per heavy atom. The number of anilines is 1. The van der Waals surface area contributed by atoms with Gasteiger partial charge in [0.2, 0.25) is 0 Å². The number of benzene rings is 1. The molecule has 0 spiro atoms.